The summed E-state index contributed by atoms with van der Waals surface area (Å²) in [4.78, 5) is 37.4. The number of carbonyl (C=O) groups excluding carboxylic acids is 3. The monoisotopic (exact) mass is 562 g/mol. The first kappa shape index (κ1) is 35.2. The molecule has 0 aliphatic heterocycles. The molecule has 9 heteroatoms. The van der Waals surface area contributed by atoms with E-state index in [9.17, 15) is 34.8 Å². The molecule has 0 amide bonds. The summed E-state index contributed by atoms with van der Waals surface area (Å²) >= 11 is 0. The summed E-state index contributed by atoms with van der Waals surface area (Å²) in [6, 6.07) is 0. The average molecular weight is 563 g/mol. The summed E-state index contributed by atoms with van der Waals surface area (Å²) in [6.07, 6.45) is 4.46. The van der Waals surface area contributed by atoms with Gasteiger partial charge in [-0.1, -0.05) is 68.4 Å². The van der Waals surface area contributed by atoms with E-state index >= 15 is 0 Å². The zero-order valence-corrected chi connectivity index (χ0v) is 24.7. The van der Waals surface area contributed by atoms with E-state index in [4.69, 9.17) is 9.47 Å². The highest BCUT2D eigenvalue weighted by Gasteiger charge is 2.40. The van der Waals surface area contributed by atoms with E-state index in [1.807, 2.05) is 71.1 Å². The van der Waals surface area contributed by atoms with Crippen LogP contribution in [0.25, 0.3) is 0 Å². The number of rotatable bonds is 14. The molecule has 0 bridgehead atoms. The van der Waals surface area contributed by atoms with Gasteiger partial charge in [0.2, 0.25) is 0 Å². The molecule has 5 unspecified atom stereocenters. The Balaban J connectivity index is 2.70. The van der Waals surface area contributed by atoms with Gasteiger partial charge in [-0.15, -0.1) is 0 Å². The van der Waals surface area contributed by atoms with Gasteiger partial charge in [-0.25, -0.2) is 0 Å². The highest BCUT2D eigenvalue weighted by Crippen LogP contribution is 2.40. The van der Waals surface area contributed by atoms with E-state index in [0.717, 1.165) is 16.7 Å². The predicted molar refractivity (Wildman–Crippen MR) is 152 cm³/mol. The summed E-state index contributed by atoms with van der Waals surface area (Å²) in [7, 11) is 0. The van der Waals surface area contributed by atoms with Crippen LogP contribution in [0.2, 0.25) is 0 Å². The molecule has 0 saturated carbocycles. The number of esters is 2. The molecule has 0 aromatic heterocycles. The van der Waals surface area contributed by atoms with Crippen LogP contribution in [0.3, 0.4) is 0 Å². The van der Waals surface area contributed by atoms with Crippen LogP contribution in [-0.4, -0.2) is 75.3 Å². The van der Waals surface area contributed by atoms with Crippen molar-refractivity contribution in [2.24, 2.45) is 5.41 Å². The number of ether oxygens (including phenoxy) is 2. The van der Waals surface area contributed by atoms with E-state index in [0.29, 0.717) is 5.57 Å². The van der Waals surface area contributed by atoms with E-state index in [1.165, 1.54) is 0 Å². The van der Waals surface area contributed by atoms with Crippen LogP contribution in [0.15, 0.2) is 58.7 Å². The Kier molecular flexibility index (Phi) is 14.4. The molecule has 224 valence electrons. The van der Waals surface area contributed by atoms with E-state index < -0.39 is 54.5 Å². The van der Waals surface area contributed by atoms with Gasteiger partial charge in [-0.05, 0) is 50.7 Å². The number of allylic oxidation sites excluding steroid dienone is 9. The molecule has 5 atom stereocenters. The second-order valence-corrected chi connectivity index (χ2v) is 10.8. The van der Waals surface area contributed by atoms with Crippen molar-refractivity contribution < 1.29 is 44.3 Å². The number of hydrogen-bond donors (Lipinski definition) is 4. The van der Waals surface area contributed by atoms with Crippen LogP contribution < -0.4 is 0 Å². The van der Waals surface area contributed by atoms with Gasteiger partial charge >= 0.3 is 11.9 Å². The lowest BCUT2D eigenvalue weighted by Crippen LogP contribution is -2.46. The van der Waals surface area contributed by atoms with E-state index in [-0.39, 0.29) is 31.5 Å². The molecule has 0 aromatic rings. The molecule has 0 saturated heterocycles. The lowest BCUT2D eigenvalue weighted by molar-refractivity contribution is -0.161. The molecule has 1 rings (SSSR count). The van der Waals surface area contributed by atoms with Crippen LogP contribution in [-0.2, 0) is 23.9 Å². The Bertz CT molecular complexity index is 1050. The maximum absolute atomic E-state index is 13.0. The largest absolute Gasteiger partial charge is 0.463 e. The Labute approximate surface area is 237 Å². The van der Waals surface area contributed by atoms with Crippen molar-refractivity contribution in [1.82, 2.24) is 0 Å². The zero-order chi connectivity index (χ0) is 30.6. The fourth-order valence-corrected chi connectivity index (χ4v) is 4.18. The summed E-state index contributed by atoms with van der Waals surface area (Å²) in [6.45, 7) is 12.6. The SMILES string of the molecule is C/C=C(C)/C=C/C=C(C)/C=C/C1=C(C)C(=O)C(OC(=O)CCC(=O)OCC(O)C(O)C(O)C(O)CC)CC1(C)C. The highest BCUT2D eigenvalue weighted by atomic mass is 16.6. The van der Waals surface area contributed by atoms with Crippen LogP contribution >= 0.6 is 0 Å². The molecule has 40 heavy (non-hydrogen) atoms. The Morgan fingerprint density at radius 3 is 2.20 bits per heavy atom. The summed E-state index contributed by atoms with van der Waals surface area (Å²) in [5.74, 6) is -1.85. The number of aliphatic hydroxyl groups excluding tert-OH is 4. The molecular formula is C31H46O9. The first-order valence-corrected chi connectivity index (χ1v) is 13.6. The number of hydrogen-bond acceptors (Lipinski definition) is 9. The third kappa shape index (κ3) is 11.0. The van der Waals surface area contributed by atoms with Crippen molar-refractivity contribution in [3.05, 3.63) is 58.7 Å². The topological polar surface area (TPSA) is 151 Å². The van der Waals surface area contributed by atoms with Crippen molar-refractivity contribution in [2.75, 3.05) is 6.61 Å². The molecule has 0 radical (unpaired) electrons. The number of carbonyl (C=O) groups is 3. The van der Waals surface area contributed by atoms with Crippen molar-refractivity contribution >= 4 is 17.7 Å². The van der Waals surface area contributed by atoms with Gasteiger partial charge in [0.15, 0.2) is 11.9 Å². The van der Waals surface area contributed by atoms with Gasteiger partial charge in [-0.2, -0.15) is 0 Å². The van der Waals surface area contributed by atoms with Gasteiger partial charge in [-0.3, -0.25) is 14.4 Å². The Hall–Kier alpha value is -2.85. The maximum atomic E-state index is 13.0. The van der Waals surface area contributed by atoms with Gasteiger partial charge in [0.1, 0.15) is 24.9 Å². The molecule has 1 aliphatic rings. The third-order valence-corrected chi connectivity index (χ3v) is 6.96. The molecule has 9 nitrogen and oxygen atoms in total. The van der Waals surface area contributed by atoms with Crippen molar-refractivity contribution in [3.63, 3.8) is 0 Å². The second kappa shape index (κ2) is 16.4. The fraction of sp³-hybridized carbons (Fsp3) is 0.581. The number of Topliss-reactive ketones (excluding diaryl/α,β-unsaturated/α-hetero) is 1. The van der Waals surface area contributed by atoms with Crippen molar-refractivity contribution in [3.8, 4) is 0 Å². The van der Waals surface area contributed by atoms with Crippen LogP contribution in [0, 0.1) is 5.41 Å². The van der Waals surface area contributed by atoms with Crippen LogP contribution in [0.4, 0.5) is 0 Å². The number of aliphatic hydroxyl groups is 4. The minimum atomic E-state index is -1.71. The minimum Gasteiger partial charge on any atom is -0.463 e. The molecule has 0 aromatic carbocycles. The van der Waals surface area contributed by atoms with E-state index in [1.54, 1.807) is 13.8 Å². The fourth-order valence-electron chi connectivity index (χ4n) is 4.18. The van der Waals surface area contributed by atoms with Gasteiger partial charge in [0.05, 0.1) is 18.9 Å². The molecule has 4 N–H and O–H groups in total. The first-order valence-electron chi connectivity index (χ1n) is 13.6. The first-order chi connectivity index (χ1) is 18.6. The second-order valence-electron chi connectivity index (χ2n) is 10.8. The minimum absolute atomic E-state index is 0.160. The summed E-state index contributed by atoms with van der Waals surface area (Å²) < 4.78 is 10.3. The standard InChI is InChI=1S/C31H46O9/c1-8-19(3)11-10-12-20(4)13-14-22-21(5)28(36)25(17-31(22,6)7)40-27(35)16-15-26(34)39-18-24(33)30(38)29(37)23(32)9-2/h8,10-14,23-25,29-30,32-33,37-38H,9,15-18H2,1-7H3/b11-10+,14-13+,19-8+,20-12+. The lowest BCUT2D eigenvalue weighted by atomic mass is 9.71. The lowest BCUT2D eigenvalue weighted by Gasteiger charge is -2.36. The molecule has 0 heterocycles. The Morgan fingerprint density at radius 2 is 1.60 bits per heavy atom. The maximum Gasteiger partial charge on any atom is 0.307 e. The molecular weight excluding hydrogens is 516 g/mol. The highest BCUT2D eigenvalue weighted by molar-refractivity contribution is 6.01. The Morgan fingerprint density at radius 1 is 1.00 bits per heavy atom. The predicted octanol–water partition coefficient (Wildman–Crippen LogP) is 3.42. The number of ketones is 1. The van der Waals surface area contributed by atoms with Gasteiger partial charge < -0.3 is 29.9 Å². The molecule has 1 aliphatic carbocycles. The quantitative estimate of drug-likeness (QED) is 0.184. The van der Waals surface area contributed by atoms with E-state index in [2.05, 4.69) is 0 Å². The molecule has 0 fully saturated rings. The molecule has 0 spiro atoms. The average Bonchev–Trinajstić information content (AvgIpc) is 2.91. The summed E-state index contributed by atoms with van der Waals surface area (Å²) in [5.41, 5.74) is 3.11. The van der Waals surface area contributed by atoms with Gasteiger partial charge in [0.25, 0.3) is 0 Å². The van der Waals surface area contributed by atoms with Gasteiger partial charge in [0, 0.05) is 6.42 Å². The van der Waals surface area contributed by atoms with Crippen molar-refractivity contribution in [2.45, 2.75) is 105 Å². The third-order valence-electron chi connectivity index (χ3n) is 6.96. The zero-order valence-electron chi connectivity index (χ0n) is 24.7. The van der Waals surface area contributed by atoms with Crippen LogP contribution in [0.1, 0.15) is 74.1 Å². The van der Waals surface area contributed by atoms with Crippen molar-refractivity contribution in [1.29, 1.82) is 0 Å². The van der Waals surface area contributed by atoms with Crippen LogP contribution in [0.5, 0.6) is 0 Å². The summed E-state index contributed by atoms with van der Waals surface area (Å²) in [5, 5.41) is 39.1. The smallest absolute Gasteiger partial charge is 0.307 e. The normalized spacial score (nSPS) is 21.5.